The predicted octanol–water partition coefficient (Wildman–Crippen LogP) is 12.2. The summed E-state index contributed by atoms with van der Waals surface area (Å²) in [5.41, 5.74) is 0. The van der Waals surface area contributed by atoms with E-state index in [1.807, 2.05) is 0 Å². The van der Waals surface area contributed by atoms with Crippen molar-refractivity contribution in [3.63, 3.8) is 0 Å². The second-order valence-electron chi connectivity index (χ2n) is 13.8. The van der Waals surface area contributed by atoms with Crippen LogP contribution in [-0.4, -0.2) is 9.46 Å². The molecule has 0 N–H and O–H groups in total. The number of alkyl halides is 3. The molecule has 1 nitrogen and oxygen atoms in total. The minimum Gasteiger partial charge on any atom is -0.753 e. The van der Waals surface area contributed by atoms with E-state index in [0.717, 1.165) is 0 Å². The molecule has 65 heavy (non-hydrogen) atoms. The Balaban J connectivity index is 0.000000197. The first-order valence-electron chi connectivity index (χ1n) is 20.5. The van der Waals surface area contributed by atoms with Crippen molar-refractivity contribution in [2.75, 3.05) is 0 Å². The normalized spacial score (nSPS) is 9.95. The molecule has 9 rings (SSSR count). The van der Waals surface area contributed by atoms with Crippen molar-refractivity contribution in [2.45, 2.75) is 4.30 Å². The van der Waals surface area contributed by atoms with Crippen LogP contribution in [0.3, 0.4) is 0 Å². The number of benzene rings is 9. The van der Waals surface area contributed by atoms with Crippen LogP contribution in [0.15, 0.2) is 273 Å². The summed E-state index contributed by atoms with van der Waals surface area (Å²) >= 11 is 18.1. The molecule has 328 valence electrons. The van der Waals surface area contributed by atoms with Gasteiger partial charge < -0.3 is 5.41 Å². The van der Waals surface area contributed by atoms with E-state index in [-0.39, 0.29) is 22.4 Å². The first-order valence-corrected chi connectivity index (χ1v) is 26.7. The molecule has 0 amide bonds. The van der Waals surface area contributed by atoms with Crippen molar-refractivity contribution in [1.29, 1.82) is 0 Å². The molecular formula is C56H49AgCl3NP3S+3. The molecular weight excluding hydrogens is 1030 g/mol. The first-order chi connectivity index (χ1) is 31.5. The zero-order valence-electron chi connectivity index (χ0n) is 35.3. The van der Waals surface area contributed by atoms with Gasteiger partial charge >= 0.3 is 22.4 Å². The molecule has 9 aromatic rings. The van der Waals surface area contributed by atoms with E-state index >= 15 is 0 Å². The largest absolute Gasteiger partial charge is 1.00 e. The molecule has 0 aromatic heterocycles. The van der Waals surface area contributed by atoms with Crippen LogP contribution in [-0.2, 0) is 22.4 Å². The number of nitrogens with zero attached hydrogens (tertiary/aromatic N) is 1. The number of hydrogen-bond donors (Lipinski definition) is 0. The van der Waals surface area contributed by atoms with E-state index in [2.05, 4.69) is 285 Å². The summed E-state index contributed by atoms with van der Waals surface area (Å²) in [6.45, 7) is 0. The molecule has 0 aliphatic carbocycles. The van der Waals surface area contributed by atoms with Gasteiger partial charge in [0, 0.05) is 0 Å². The van der Waals surface area contributed by atoms with E-state index in [1.165, 1.54) is 52.9 Å². The molecule has 0 fully saturated rings. The van der Waals surface area contributed by atoms with Crippen molar-refractivity contribution >= 4 is 124 Å². The van der Waals surface area contributed by atoms with Gasteiger partial charge in [-0.3, -0.25) is 0 Å². The van der Waals surface area contributed by atoms with Crippen molar-refractivity contribution in [3.05, 3.63) is 278 Å². The van der Waals surface area contributed by atoms with Gasteiger partial charge in [-0.1, -0.05) is 211 Å². The maximum absolute atomic E-state index is 7.13. The standard InChI is InChI=1S/3C18H15P.CHCl3.CNS.Ag/c3*1-4-10-16(11-5-1)19(17-12-6-2-7-13-17)18-14-8-3-9-15-18;2-1(3)4;2-1-3;/h3*1-15H;1H;;/q;;;;-1;+1/p+3. The molecule has 0 spiro atoms. The van der Waals surface area contributed by atoms with Gasteiger partial charge in [-0.25, -0.2) is 0 Å². The van der Waals surface area contributed by atoms with Crippen molar-refractivity contribution in [1.82, 2.24) is 0 Å². The zero-order chi connectivity index (χ0) is 45.0. The molecule has 0 radical (unpaired) electrons. The first kappa shape index (κ1) is 53.3. The SMILES string of the molecule is ClC(Cl)Cl.[Ag+].[N-]=C=S.c1ccc([PH+](c2ccccc2)c2ccccc2)cc1.c1ccc([PH+](c2ccccc2)c2ccccc2)cc1.c1ccc([PH+](c2ccccc2)c2ccccc2)cc1. The van der Waals surface area contributed by atoms with Crippen molar-refractivity contribution in [2.24, 2.45) is 0 Å². The fraction of sp³-hybridized carbons (Fsp3) is 0.0179. The minimum absolute atomic E-state index is 0. The van der Waals surface area contributed by atoms with Crippen LogP contribution in [0, 0.1) is 0 Å². The Morgan fingerprint density at radius 2 is 0.354 bits per heavy atom. The molecule has 0 atom stereocenters. The summed E-state index contributed by atoms with van der Waals surface area (Å²) < 4.78 is -0.750. The predicted molar refractivity (Wildman–Crippen MR) is 297 cm³/mol. The summed E-state index contributed by atoms with van der Waals surface area (Å²) in [6, 6.07) is 97.5. The molecule has 0 saturated carbocycles. The molecule has 0 bridgehead atoms. The van der Waals surface area contributed by atoms with Crippen molar-refractivity contribution < 1.29 is 22.4 Å². The van der Waals surface area contributed by atoms with Crippen molar-refractivity contribution in [3.8, 4) is 0 Å². The molecule has 0 aliphatic heterocycles. The van der Waals surface area contributed by atoms with Crippen LogP contribution in [0.1, 0.15) is 0 Å². The summed E-state index contributed by atoms with van der Waals surface area (Å²) in [5.74, 6) is 0. The maximum Gasteiger partial charge on any atom is 1.00 e. The Bertz CT molecular complexity index is 2040. The Hall–Kier alpha value is -4.32. The van der Waals surface area contributed by atoms with E-state index in [9.17, 15) is 0 Å². The average Bonchev–Trinajstić information content (AvgIpc) is 3.35. The number of isothiocyanates is 1. The summed E-state index contributed by atoms with van der Waals surface area (Å²) in [7, 11) is -2.63. The number of halogens is 3. The Kier molecular flexibility index (Phi) is 25.9. The third-order valence-corrected chi connectivity index (χ3v) is 17.8. The fourth-order valence-corrected chi connectivity index (χ4v) is 14.7. The van der Waals surface area contributed by atoms with Gasteiger partial charge in [0.15, 0.2) is 4.30 Å². The topological polar surface area (TPSA) is 22.3 Å². The Labute approximate surface area is 425 Å². The van der Waals surface area contributed by atoms with E-state index in [1.54, 1.807) is 0 Å². The van der Waals surface area contributed by atoms with Gasteiger partial charge in [0.2, 0.25) is 0 Å². The van der Waals surface area contributed by atoms with E-state index < -0.39 is 28.1 Å². The third kappa shape index (κ3) is 18.5. The second-order valence-corrected chi connectivity index (χ2v) is 23.4. The van der Waals surface area contributed by atoms with Crippen LogP contribution in [0.2, 0.25) is 0 Å². The molecule has 0 heterocycles. The average molecular weight is 1080 g/mol. The van der Waals surface area contributed by atoms with Crippen LogP contribution in [0.25, 0.3) is 5.41 Å². The smallest absolute Gasteiger partial charge is 0.753 e. The number of rotatable bonds is 9. The third-order valence-electron chi connectivity index (χ3n) is 9.56. The molecule has 9 heteroatoms. The Morgan fingerprint density at radius 3 is 0.431 bits per heavy atom. The van der Waals surface area contributed by atoms with Gasteiger partial charge in [0.05, 0.1) is 23.8 Å². The second kappa shape index (κ2) is 31.6. The summed E-state index contributed by atoms with van der Waals surface area (Å²) in [4.78, 5) is 0. The molecule has 0 unspecified atom stereocenters. The van der Waals surface area contributed by atoms with Crippen LogP contribution in [0.4, 0.5) is 0 Å². The minimum atomic E-state index is -0.877. The van der Waals surface area contributed by atoms with Gasteiger partial charge in [-0.15, -0.1) is 0 Å². The molecule has 9 aromatic carbocycles. The Morgan fingerprint density at radius 1 is 0.277 bits per heavy atom. The summed E-state index contributed by atoms with van der Waals surface area (Å²) in [6.07, 6.45) is 0. The number of thiocarbonyl (C=S) groups is 1. The fourth-order valence-electron chi connectivity index (χ4n) is 6.94. The number of hydrogen-bond acceptors (Lipinski definition) is 1. The van der Waals surface area contributed by atoms with Gasteiger partial charge in [0.1, 0.15) is 47.7 Å². The quantitative estimate of drug-likeness (QED) is 0.0464. The van der Waals surface area contributed by atoms with Gasteiger partial charge in [0.25, 0.3) is 0 Å². The van der Waals surface area contributed by atoms with Crippen LogP contribution < -0.4 is 47.7 Å². The zero-order valence-corrected chi connectivity index (χ0v) is 42.9. The van der Waals surface area contributed by atoms with Gasteiger partial charge in [-0.05, 0) is 109 Å². The van der Waals surface area contributed by atoms with E-state index in [0.29, 0.717) is 0 Å². The van der Waals surface area contributed by atoms with Crippen LogP contribution in [0.5, 0.6) is 0 Å². The summed E-state index contributed by atoms with van der Waals surface area (Å²) in [5, 5.41) is 21.4. The maximum atomic E-state index is 7.13. The van der Waals surface area contributed by atoms with Crippen LogP contribution >= 0.6 is 70.8 Å². The monoisotopic (exact) mass is 1070 g/mol. The molecule has 0 saturated heterocycles. The van der Waals surface area contributed by atoms with E-state index in [4.69, 9.17) is 40.2 Å². The molecule has 0 aliphatic rings. The van der Waals surface area contributed by atoms with Gasteiger partial charge in [-0.2, -0.15) is 5.16 Å².